The molecule has 0 aliphatic carbocycles. The van der Waals surface area contributed by atoms with Crippen molar-refractivity contribution in [1.82, 2.24) is 5.32 Å². The third-order valence-electron chi connectivity index (χ3n) is 0.632. The van der Waals surface area contributed by atoms with Crippen LogP contribution < -0.4 is 34.9 Å². The molecule has 0 saturated heterocycles. The van der Waals surface area contributed by atoms with E-state index in [0.29, 0.717) is 0 Å². The molecule has 0 bridgehead atoms. The van der Waals surface area contributed by atoms with Crippen molar-refractivity contribution in [2.45, 2.75) is 0 Å². The first kappa shape index (κ1) is 7.88. The zero-order valence-corrected chi connectivity index (χ0v) is 6.47. The summed E-state index contributed by atoms with van der Waals surface area (Å²) in [4.78, 5) is 20.1. The summed E-state index contributed by atoms with van der Waals surface area (Å²) in [5.41, 5.74) is 0. The zero-order chi connectivity index (χ0) is 5.28. The predicted molar refractivity (Wildman–Crippen MR) is 23.4 cm³/mol. The second-order valence-electron chi connectivity index (χ2n) is 1.19. The molecule has 1 heterocycles. The number of hydrogen-bond acceptors (Lipinski definition) is 2. The van der Waals surface area contributed by atoms with E-state index in [1.165, 1.54) is 12.2 Å². The molecular formula is C4H4NNaO2. The molecule has 8 heavy (non-hydrogen) atoms. The molecule has 0 aromatic heterocycles. The van der Waals surface area contributed by atoms with E-state index in [9.17, 15) is 9.59 Å². The fraction of sp³-hybridized carbons (Fsp3) is 0. The summed E-state index contributed by atoms with van der Waals surface area (Å²) in [5, 5.41) is 2.03. The van der Waals surface area contributed by atoms with Gasteiger partial charge in [0.2, 0.25) is 0 Å². The average Bonchev–Trinajstić information content (AvgIpc) is 1.87. The van der Waals surface area contributed by atoms with E-state index >= 15 is 0 Å². The second-order valence-corrected chi connectivity index (χ2v) is 1.19. The molecule has 0 spiro atoms. The van der Waals surface area contributed by atoms with Crippen LogP contribution in [0.25, 0.3) is 0 Å². The molecule has 0 aromatic carbocycles. The van der Waals surface area contributed by atoms with Crippen molar-refractivity contribution in [3.8, 4) is 0 Å². The van der Waals surface area contributed by atoms with Crippen molar-refractivity contribution in [2.24, 2.45) is 0 Å². The largest absolute Gasteiger partial charge is 1.00 e. The van der Waals surface area contributed by atoms with Crippen LogP contribution in [0.5, 0.6) is 0 Å². The quantitative estimate of drug-likeness (QED) is 0.265. The van der Waals surface area contributed by atoms with Gasteiger partial charge in [0.05, 0.1) is 0 Å². The SMILES string of the molecule is O=C1C=CC(=O)N1.[H-].[Na+]. The smallest absolute Gasteiger partial charge is 1.00 e. The van der Waals surface area contributed by atoms with E-state index in [-0.39, 0.29) is 42.8 Å². The van der Waals surface area contributed by atoms with Crippen LogP contribution in [0, 0.1) is 0 Å². The second kappa shape index (κ2) is 3.02. The van der Waals surface area contributed by atoms with Crippen LogP contribution in [0.4, 0.5) is 0 Å². The maximum Gasteiger partial charge on any atom is 1.00 e. The van der Waals surface area contributed by atoms with Crippen LogP contribution in [-0.4, -0.2) is 11.8 Å². The Bertz CT molecular complexity index is 141. The van der Waals surface area contributed by atoms with Crippen LogP contribution in [0.15, 0.2) is 12.2 Å². The van der Waals surface area contributed by atoms with Crippen LogP contribution >= 0.6 is 0 Å². The summed E-state index contributed by atoms with van der Waals surface area (Å²) in [6.07, 6.45) is 2.39. The predicted octanol–water partition coefficient (Wildman–Crippen LogP) is -3.68. The van der Waals surface area contributed by atoms with E-state index in [0.717, 1.165) is 0 Å². The number of hydrogen-bond donors (Lipinski definition) is 1. The number of rotatable bonds is 0. The summed E-state index contributed by atoms with van der Waals surface area (Å²) in [5.74, 6) is -0.657. The van der Waals surface area contributed by atoms with Gasteiger partial charge >= 0.3 is 29.6 Å². The molecule has 0 aromatic rings. The third kappa shape index (κ3) is 1.78. The van der Waals surface area contributed by atoms with Gasteiger partial charge in [-0.15, -0.1) is 0 Å². The molecule has 0 saturated carbocycles. The van der Waals surface area contributed by atoms with E-state index in [1.807, 2.05) is 5.32 Å². The van der Waals surface area contributed by atoms with E-state index in [4.69, 9.17) is 0 Å². The normalized spacial score (nSPS) is 15.5. The molecular weight excluding hydrogens is 117 g/mol. The van der Waals surface area contributed by atoms with Crippen LogP contribution in [0.2, 0.25) is 0 Å². The van der Waals surface area contributed by atoms with Gasteiger partial charge in [0.25, 0.3) is 11.8 Å². The Labute approximate surface area is 69.9 Å². The van der Waals surface area contributed by atoms with Gasteiger partial charge in [0, 0.05) is 12.2 Å². The Morgan fingerprint density at radius 3 is 1.75 bits per heavy atom. The minimum Gasteiger partial charge on any atom is -1.00 e. The van der Waals surface area contributed by atoms with Gasteiger partial charge in [-0.1, -0.05) is 0 Å². The molecule has 3 nitrogen and oxygen atoms in total. The minimum absolute atomic E-state index is 0. The number of amides is 2. The summed E-state index contributed by atoms with van der Waals surface area (Å²) >= 11 is 0. The van der Waals surface area contributed by atoms with Crippen LogP contribution in [0.3, 0.4) is 0 Å². The minimum atomic E-state index is -0.329. The molecule has 2 amide bonds. The van der Waals surface area contributed by atoms with Crippen molar-refractivity contribution in [2.75, 3.05) is 0 Å². The molecule has 0 fully saturated rings. The number of imide groups is 1. The summed E-state index contributed by atoms with van der Waals surface area (Å²) in [6.45, 7) is 0. The fourth-order valence-electron chi connectivity index (χ4n) is 0.356. The first-order valence-corrected chi connectivity index (χ1v) is 1.82. The van der Waals surface area contributed by atoms with Gasteiger partial charge in [-0.25, -0.2) is 0 Å². The van der Waals surface area contributed by atoms with Crippen molar-refractivity contribution in [1.29, 1.82) is 0 Å². The molecule has 1 aliphatic heterocycles. The van der Waals surface area contributed by atoms with E-state index < -0.39 is 0 Å². The van der Waals surface area contributed by atoms with Crippen LogP contribution in [0.1, 0.15) is 1.43 Å². The molecule has 0 radical (unpaired) electrons. The van der Waals surface area contributed by atoms with Crippen molar-refractivity contribution in [3.63, 3.8) is 0 Å². The average molecular weight is 121 g/mol. The summed E-state index contributed by atoms with van der Waals surface area (Å²) < 4.78 is 0. The molecule has 38 valence electrons. The third-order valence-corrected chi connectivity index (χ3v) is 0.632. The van der Waals surface area contributed by atoms with Gasteiger partial charge in [0.1, 0.15) is 0 Å². The van der Waals surface area contributed by atoms with Crippen LogP contribution in [-0.2, 0) is 9.59 Å². The Hall–Kier alpha value is -0.120. The Morgan fingerprint density at radius 2 is 1.62 bits per heavy atom. The standard InChI is InChI=1S/C4H3NO2.Na.H/c6-3-1-2-4(7)5-3;;/h1-2H,(H,5,6,7);;/q;+1;-1. The van der Waals surface area contributed by atoms with Gasteiger partial charge in [-0.05, 0) is 0 Å². The molecule has 1 aliphatic rings. The Morgan fingerprint density at radius 1 is 1.25 bits per heavy atom. The van der Waals surface area contributed by atoms with Crippen molar-refractivity contribution in [3.05, 3.63) is 12.2 Å². The van der Waals surface area contributed by atoms with Gasteiger partial charge < -0.3 is 1.43 Å². The number of nitrogens with one attached hydrogen (secondary N) is 1. The number of carbonyl (C=O) groups is 2. The van der Waals surface area contributed by atoms with E-state index in [2.05, 4.69) is 0 Å². The van der Waals surface area contributed by atoms with Crippen molar-refractivity contribution < 1.29 is 40.6 Å². The maximum atomic E-state index is 10.0. The Kier molecular flexibility index (Phi) is 2.97. The first-order chi connectivity index (χ1) is 3.29. The van der Waals surface area contributed by atoms with Gasteiger partial charge in [-0.2, -0.15) is 0 Å². The molecule has 1 N–H and O–H groups in total. The fourth-order valence-corrected chi connectivity index (χ4v) is 0.356. The molecule has 0 unspecified atom stereocenters. The summed E-state index contributed by atoms with van der Waals surface area (Å²) in [6, 6.07) is 0. The molecule has 0 atom stereocenters. The molecule has 1 rings (SSSR count). The molecule has 4 heteroatoms. The van der Waals surface area contributed by atoms with Gasteiger partial charge in [-0.3, -0.25) is 14.9 Å². The zero-order valence-electron chi connectivity index (χ0n) is 5.47. The number of carbonyl (C=O) groups excluding carboxylic acids is 2. The Balaban J connectivity index is 0. The van der Waals surface area contributed by atoms with E-state index in [1.54, 1.807) is 0 Å². The first-order valence-electron chi connectivity index (χ1n) is 1.82. The topological polar surface area (TPSA) is 46.2 Å². The van der Waals surface area contributed by atoms with Gasteiger partial charge in [0.15, 0.2) is 0 Å². The summed E-state index contributed by atoms with van der Waals surface area (Å²) in [7, 11) is 0. The van der Waals surface area contributed by atoms with Crippen molar-refractivity contribution >= 4 is 11.8 Å². The monoisotopic (exact) mass is 121 g/mol. The maximum absolute atomic E-state index is 10.0.